The van der Waals surface area contributed by atoms with Crippen molar-refractivity contribution in [2.75, 3.05) is 0 Å². The molecule has 1 atom stereocenters. The number of carbonyl (C=O) groups is 1. The molecule has 0 unspecified atom stereocenters. The first-order chi connectivity index (χ1) is 8.59. The molecule has 1 N–H and O–H groups in total. The highest BCUT2D eigenvalue weighted by Crippen LogP contribution is 2.17. The van der Waals surface area contributed by atoms with E-state index in [4.69, 9.17) is 0 Å². The monoisotopic (exact) mass is 255 g/mol. The molecule has 96 valence electrons. The van der Waals surface area contributed by atoms with Crippen molar-refractivity contribution in [1.82, 2.24) is 5.32 Å². The lowest BCUT2D eigenvalue weighted by Gasteiger charge is -2.19. The standard InChI is InChI=1S/C13H12F3NO/c14-9-6-7-10(15)12(16)11(9)13(18)17-8-4-2-1-3-5-8/h1-2,6-8H,3-5H2,(H,17,18)/t8-/m0/s1. The Labute approximate surface area is 102 Å². The molecular formula is C13H12F3NO. The molecule has 1 aliphatic carbocycles. The molecule has 2 nitrogen and oxygen atoms in total. The Bertz CT molecular complexity index is 499. The Morgan fingerprint density at radius 3 is 2.56 bits per heavy atom. The molecule has 1 amide bonds. The van der Waals surface area contributed by atoms with Crippen molar-refractivity contribution in [3.05, 3.63) is 47.3 Å². The molecule has 0 aromatic heterocycles. The molecule has 0 saturated heterocycles. The van der Waals surface area contributed by atoms with Crippen LogP contribution in [0.5, 0.6) is 0 Å². The molecule has 0 fully saturated rings. The van der Waals surface area contributed by atoms with Crippen LogP contribution in [0.4, 0.5) is 13.2 Å². The molecule has 1 aromatic rings. The summed E-state index contributed by atoms with van der Waals surface area (Å²) in [5.41, 5.74) is -0.857. The van der Waals surface area contributed by atoms with Gasteiger partial charge in [0.15, 0.2) is 11.6 Å². The van der Waals surface area contributed by atoms with Gasteiger partial charge in [0.2, 0.25) is 0 Å². The van der Waals surface area contributed by atoms with Gasteiger partial charge >= 0.3 is 0 Å². The Kier molecular flexibility index (Phi) is 3.69. The Hall–Kier alpha value is -1.78. The van der Waals surface area contributed by atoms with Crippen molar-refractivity contribution >= 4 is 5.91 Å². The van der Waals surface area contributed by atoms with E-state index in [0.29, 0.717) is 18.9 Å². The molecule has 0 radical (unpaired) electrons. The third-order valence-corrected chi connectivity index (χ3v) is 2.88. The summed E-state index contributed by atoms with van der Waals surface area (Å²) in [5, 5.41) is 2.51. The number of hydrogen-bond acceptors (Lipinski definition) is 1. The lowest BCUT2D eigenvalue weighted by molar-refractivity contribution is 0.0925. The molecular weight excluding hydrogens is 243 g/mol. The molecule has 0 saturated carbocycles. The maximum atomic E-state index is 13.4. The minimum absolute atomic E-state index is 0.162. The Morgan fingerprint density at radius 2 is 1.89 bits per heavy atom. The number of amides is 1. The summed E-state index contributed by atoms with van der Waals surface area (Å²) < 4.78 is 39.7. The molecule has 1 aliphatic rings. The first-order valence-electron chi connectivity index (χ1n) is 5.69. The quantitative estimate of drug-likeness (QED) is 0.639. The number of carbonyl (C=O) groups excluding carboxylic acids is 1. The van der Waals surface area contributed by atoms with E-state index in [1.165, 1.54) is 0 Å². The predicted molar refractivity (Wildman–Crippen MR) is 60.6 cm³/mol. The van der Waals surface area contributed by atoms with E-state index in [0.717, 1.165) is 12.5 Å². The Morgan fingerprint density at radius 1 is 1.17 bits per heavy atom. The number of benzene rings is 1. The normalized spacial score (nSPS) is 18.7. The summed E-state index contributed by atoms with van der Waals surface area (Å²) in [4.78, 5) is 11.7. The van der Waals surface area contributed by atoms with Crippen molar-refractivity contribution in [3.8, 4) is 0 Å². The highest BCUT2D eigenvalue weighted by molar-refractivity contribution is 5.95. The average Bonchev–Trinajstić information content (AvgIpc) is 2.36. The second-order valence-electron chi connectivity index (χ2n) is 4.17. The topological polar surface area (TPSA) is 29.1 Å². The fraction of sp³-hybridized carbons (Fsp3) is 0.308. The smallest absolute Gasteiger partial charge is 0.257 e. The molecule has 1 aromatic carbocycles. The first kappa shape index (κ1) is 12.7. The molecule has 0 spiro atoms. The molecule has 5 heteroatoms. The fourth-order valence-electron chi connectivity index (χ4n) is 1.92. The molecule has 2 rings (SSSR count). The summed E-state index contributed by atoms with van der Waals surface area (Å²) in [6, 6.07) is 1.24. The molecule has 18 heavy (non-hydrogen) atoms. The van der Waals surface area contributed by atoms with Crippen LogP contribution < -0.4 is 5.32 Å². The maximum absolute atomic E-state index is 13.4. The van der Waals surface area contributed by atoms with Gasteiger partial charge in [0.05, 0.1) is 0 Å². The number of allylic oxidation sites excluding steroid dienone is 1. The van der Waals surface area contributed by atoms with Gasteiger partial charge in [-0.05, 0) is 31.4 Å². The van der Waals surface area contributed by atoms with Crippen LogP contribution >= 0.6 is 0 Å². The lowest BCUT2D eigenvalue weighted by atomic mass is 10.0. The van der Waals surface area contributed by atoms with E-state index >= 15 is 0 Å². The number of nitrogens with one attached hydrogen (secondary N) is 1. The molecule has 0 bridgehead atoms. The van der Waals surface area contributed by atoms with Crippen molar-refractivity contribution < 1.29 is 18.0 Å². The summed E-state index contributed by atoms with van der Waals surface area (Å²) in [6.45, 7) is 0. The predicted octanol–water partition coefficient (Wildman–Crippen LogP) is 2.94. The molecule has 0 aliphatic heterocycles. The number of hydrogen-bond donors (Lipinski definition) is 1. The van der Waals surface area contributed by atoms with Crippen LogP contribution in [0.2, 0.25) is 0 Å². The average molecular weight is 255 g/mol. The van der Waals surface area contributed by atoms with Gasteiger partial charge in [0.25, 0.3) is 5.91 Å². The molecule has 0 heterocycles. The lowest BCUT2D eigenvalue weighted by Crippen LogP contribution is -2.36. The SMILES string of the molecule is O=C(N[C@H]1CC=CCC1)c1c(F)ccc(F)c1F. The maximum Gasteiger partial charge on any atom is 0.257 e. The van der Waals surface area contributed by atoms with Gasteiger partial charge in [-0.2, -0.15) is 0 Å². The highest BCUT2D eigenvalue weighted by Gasteiger charge is 2.23. The minimum atomic E-state index is -1.45. The largest absolute Gasteiger partial charge is 0.349 e. The van der Waals surface area contributed by atoms with Crippen LogP contribution in [-0.2, 0) is 0 Å². The second kappa shape index (κ2) is 5.25. The van der Waals surface area contributed by atoms with E-state index < -0.39 is 28.9 Å². The fourth-order valence-corrected chi connectivity index (χ4v) is 1.92. The van der Waals surface area contributed by atoms with Gasteiger partial charge in [-0.3, -0.25) is 4.79 Å². The van der Waals surface area contributed by atoms with Gasteiger partial charge in [-0.25, -0.2) is 13.2 Å². The summed E-state index contributed by atoms with van der Waals surface area (Å²) in [6.07, 6.45) is 6.00. The van der Waals surface area contributed by atoms with Gasteiger partial charge in [0.1, 0.15) is 11.4 Å². The van der Waals surface area contributed by atoms with E-state index in [1.807, 2.05) is 12.2 Å². The van der Waals surface area contributed by atoms with Crippen LogP contribution in [0.25, 0.3) is 0 Å². The van der Waals surface area contributed by atoms with Gasteiger partial charge < -0.3 is 5.32 Å². The van der Waals surface area contributed by atoms with Gasteiger partial charge in [0, 0.05) is 6.04 Å². The first-order valence-corrected chi connectivity index (χ1v) is 5.69. The van der Waals surface area contributed by atoms with Crippen LogP contribution in [0.1, 0.15) is 29.6 Å². The highest BCUT2D eigenvalue weighted by atomic mass is 19.2. The van der Waals surface area contributed by atoms with E-state index in [9.17, 15) is 18.0 Å². The third kappa shape index (κ3) is 2.55. The van der Waals surface area contributed by atoms with Gasteiger partial charge in [-0.1, -0.05) is 12.2 Å². The number of halogens is 3. The van der Waals surface area contributed by atoms with Crippen molar-refractivity contribution in [3.63, 3.8) is 0 Å². The summed E-state index contributed by atoms with van der Waals surface area (Å²) in [7, 11) is 0. The minimum Gasteiger partial charge on any atom is -0.349 e. The van der Waals surface area contributed by atoms with Crippen LogP contribution in [0.3, 0.4) is 0 Å². The third-order valence-electron chi connectivity index (χ3n) is 2.88. The van der Waals surface area contributed by atoms with E-state index in [2.05, 4.69) is 5.32 Å². The Balaban J connectivity index is 2.18. The summed E-state index contributed by atoms with van der Waals surface area (Å²) >= 11 is 0. The van der Waals surface area contributed by atoms with E-state index in [1.54, 1.807) is 0 Å². The zero-order valence-electron chi connectivity index (χ0n) is 9.55. The van der Waals surface area contributed by atoms with Crippen molar-refractivity contribution in [1.29, 1.82) is 0 Å². The second-order valence-corrected chi connectivity index (χ2v) is 4.17. The van der Waals surface area contributed by atoms with Gasteiger partial charge in [-0.15, -0.1) is 0 Å². The zero-order chi connectivity index (χ0) is 13.1. The van der Waals surface area contributed by atoms with Crippen LogP contribution in [0.15, 0.2) is 24.3 Å². The van der Waals surface area contributed by atoms with Crippen LogP contribution in [0, 0.1) is 17.5 Å². The number of rotatable bonds is 2. The summed E-state index contributed by atoms with van der Waals surface area (Å²) in [5.74, 6) is -4.65. The van der Waals surface area contributed by atoms with Crippen molar-refractivity contribution in [2.24, 2.45) is 0 Å². The van der Waals surface area contributed by atoms with E-state index in [-0.39, 0.29) is 6.04 Å². The van der Waals surface area contributed by atoms with Crippen molar-refractivity contribution in [2.45, 2.75) is 25.3 Å². The van der Waals surface area contributed by atoms with Crippen LogP contribution in [-0.4, -0.2) is 11.9 Å². The zero-order valence-corrected chi connectivity index (χ0v) is 9.55.